The highest BCUT2D eigenvalue weighted by Crippen LogP contribution is 2.25. The highest BCUT2D eigenvalue weighted by Gasteiger charge is 2.15. The van der Waals surface area contributed by atoms with E-state index >= 15 is 0 Å². The van der Waals surface area contributed by atoms with E-state index in [0.29, 0.717) is 16.3 Å². The lowest BCUT2D eigenvalue weighted by molar-refractivity contribution is 0.0523. The third kappa shape index (κ3) is 4.15. The topological polar surface area (TPSA) is 75.6 Å². The van der Waals surface area contributed by atoms with Crippen LogP contribution < -0.4 is 5.32 Å². The number of nitrogens with one attached hydrogen (secondary N) is 1. The van der Waals surface area contributed by atoms with Crippen LogP contribution in [0.4, 0.5) is 5.69 Å². The molecule has 0 saturated heterocycles. The molecule has 23 heavy (non-hydrogen) atoms. The van der Waals surface area contributed by atoms with Gasteiger partial charge in [-0.1, -0.05) is 23.2 Å². The highest BCUT2D eigenvalue weighted by molar-refractivity contribution is 6.42. The molecule has 0 aliphatic rings. The van der Waals surface area contributed by atoms with Crippen molar-refractivity contribution in [1.82, 2.24) is 0 Å². The summed E-state index contributed by atoms with van der Waals surface area (Å²) in [5.74, 6) is -1.32. The van der Waals surface area contributed by atoms with Crippen LogP contribution in [-0.2, 0) is 4.74 Å². The molecule has 1 amide bonds. The Labute approximate surface area is 142 Å². The zero-order valence-corrected chi connectivity index (χ0v) is 13.6. The molecule has 0 unspecified atom stereocenters. The second-order valence-corrected chi connectivity index (χ2v) is 5.35. The zero-order valence-electron chi connectivity index (χ0n) is 12.1. The predicted octanol–water partition coefficient (Wildman–Crippen LogP) is 4.13. The summed E-state index contributed by atoms with van der Waals surface area (Å²) >= 11 is 11.7. The first-order valence-electron chi connectivity index (χ1n) is 6.69. The molecule has 0 aromatic heterocycles. The molecular weight excluding hydrogens is 341 g/mol. The second-order valence-electron chi connectivity index (χ2n) is 4.54. The Balaban J connectivity index is 2.22. The molecular formula is C16H13Cl2NO4. The van der Waals surface area contributed by atoms with Gasteiger partial charge < -0.3 is 15.2 Å². The van der Waals surface area contributed by atoms with Gasteiger partial charge in [0.1, 0.15) is 11.3 Å². The number of hydrogen-bond acceptors (Lipinski definition) is 4. The average Bonchev–Trinajstić information content (AvgIpc) is 2.52. The van der Waals surface area contributed by atoms with Crippen LogP contribution in [0.2, 0.25) is 10.0 Å². The summed E-state index contributed by atoms with van der Waals surface area (Å²) in [6.45, 7) is 1.84. The molecule has 7 heteroatoms. The summed E-state index contributed by atoms with van der Waals surface area (Å²) in [5.41, 5.74) is 0.617. The zero-order chi connectivity index (χ0) is 17.0. The maximum absolute atomic E-state index is 12.2. The third-order valence-electron chi connectivity index (χ3n) is 2.93. The first-order valence-corrected chi connectivity index (χ1v) is 7.44. The minimum Gasteiger partial charge on any atom is -0.507 e. The van der Waals surface area contributed by atoms with E-state index in [-0.39, 0.29) is 22.9 Å². The number of phenols is 1. The molecule has 2 aromatic carbocycles. The number of esters is 1. The first-order chi connectivity index (χ1) is 10.9. The van der Waals surface area contributed by atoms with Gasteiger partial charge in [0, 0.05) is 11.3 Å². The molecule has 5 nitrogen and oxygen atoms in total. The van der Waals surface area contributed by atoms with Crippen LogP contribution in [0, 0.1) is 0 Å². The summed E-state index contributed by atoms with van der Waals surface area (Å²) in [7, 11) is 0. The molecule has 0 aliphatic carbocycles. The summed E-state index contributed by atoms with van der Waals surface area (Å²) < 4.78 is 4.84. The van der Waals surface area contributed by atoms with Crippen LogP contribution in [0.5, 0.6) is 5.75 Å². The Bertz CT molecular complexity index is 762. The van der Waals surface area contributed by atoms with E-state index < -0.39 is 11.9 Å². The predicted molar refractivity (Wildman–Crippen MR) is 88.5 cm³/mol. The second kappa shape index (κ2) is 7.35. The number of carbonyl (C=O) groups is 2. The molecule has 0 aliphatic heterocycles. The quantitative estimate of drug-likeness (QED) is 0.640. The van der Waals surface area contributed by atoms with Crippen molar-refractivity contribution in [3.05, 3.63) is 57.6 Å². The molecule has 0 saturated carbocycles. The van der Waals surface area contributed by atoms with Crippen molar-refractivity contribution in [3.63, 3.8) is 0 Å². The molecule has 0 fully saturated rings. The van der Waals surface area contributed by atoms with E-state index in [4.69, 9.17) is 27.9 Å². The van der Waals surface area contributed by atoms with Gasteiger partial charge in [0.2, 0.25) is 0 Å². The van der Waals surface area contributed by atoms with Crippen molar-refractivity contribution in [2.24, 2.45) is 0 Å². The molecule has 2 rings (SSSR count). The SMILES string of the molecule is CCOC(=O)c1cc(NC(=O)c2ccc(Cl)c(Cl)c2)ccc1O. The lowest BCUT2D eigenvalue weighted by Gasteiger charge is -2.09. The Kier molecular flexibility index (Phi) is 5.47. The van der Waals surface area contributed by atoms with Gasteiger partial charge in [0.15, 0.2) is 0 Å². The smallest absolute Gasteiger partial charge is 0.341 e. The Morgan fingerprint density at radius 1 is 1.13 bits per heavy atom. The number of hydrogen-bond donors (Lipinski definition) is 2. The molecule has 0 spiro atoms. The van der Waals surface area contributed by atoms with Gasteiger partial charge in [-0.25, -0.2) is 4.79 Å². The maximum Gasteiger partial charge on any atom is 0.341 e. The van der Waals surface area contributed by atoms with Crippen molar-refractivity contribution < 1.29 is 19.4 Å². The van der Waals surface area contributed by atoms with Gasteiger partial charge in [-0.2, -0.15) is 0 Å². The van der Waals surface area contributed by atoms with Gasteiger partial charge >= 0.3 is 5.97 Å². The molecule has 0 radical (unpaired) electrons. The fourth-order valence-electron chi connectivity index (χ4n) is 1.83. The van der Waals surface area contributed by atoms with E-state index in [9.17, 15) is 14.7 Å². The molecule has 0 atom stereocenters. The van der Waals surface area contributed by atoms with Gasteiger partial charge in [-0.3, -0.25) is 4.79 Å². The monoisotopic (exact) mass is 353 g/mol. The van der Waals surface area contributed by atoms with Gasteiger partial charge in [-0.15, -0.1) is 0 Å². The Hall–Kier alpha value is -2.24. The first kappa shape index (κ1) is 17.1. The van der Waals surface area contributed by atoms with Crippen LogP contribution >= 0.6 is 23.2 Å². The molecule has 120 valence electrons. The van der Waals surface area contributed by atoms with E-state index in [1.165, 1.54) is 36.4 Å². The van der Waals surface area contributed by atoms with Crippen LogP contribution in [0.1, 0.15) is 27.6 Å². The van der Waals surface area contributed by atoms with Crippen molar-refractivity contribution in [1.29, 1.82) is 0 Å². The fourth-order valence-corrected chi connectivity index (χ4v) is 2.12. The highest BCUT2D eigenvalue weighted by atomic mass is 35.5. The summed E-state index contributed by atoms with van der Waals surface area (Å²) in [5, 5.41) is 12.9. The number of ether oxygens (including phenoxy) is 1. The third-order valence-corrected chi connectivity index (χ3v) is 3.67. The average molecular weight is 354 g/mol. The Morgan fingerprint density at radius 2 is 1.87 bits per heavy atom. The van der Waals surface area contributed by atoms with Crippen molar-refractivity contribution in [2.75, 3.05) is 11.9 Å². The van der Waals surface area contributed by atoms with Crippen LogP contribution in [0.15, 0.2) is 36.4 Å². The van der Waals surface area contributed by atoms with Crippen molar-refractivity contribution in [2.45, 2.75) is 6.92 Å². The lowest BCUT2D eigenvalue weighted by atomic mass is 10.1. The van der Waals surface area contributed by atoms with E-state index in [2.05, 4.69) is 5.32 Å². The summed E-state index contributed by atoms with van der Waals surface area (Å²) in [6, 6.07) is 8.58. The largest absolute Gasteiger partial charge is 0.507 e. The van der Waals surface area contributed by atoms with Crippen molar-refractivity contribution in [3.8, 4) is 5.75 Å². The number of benzene rings is 2. The van der Waals surface area contributed by atoms with Gasteiger partial charge in [-0.05, 0) is 43.3 Å². The fraction of sp³-hybridized carbons (Fsp3) is 0.125. The molecule has 0 bridgehead atoms. The molecule has 0 heterocycles. The van der Waals surface area contributed by atoms with Crippen LogP contribution in [0.3, 0.4) is 0 Å². The number of aromatic hydroxyl groups is 1. The summed E-state index contributed by atoms with van der Waals surface area (Å²) in [6.07, 6.45) is 0. The lowest BCUT2D eigenvalue weighted by Crippen LogP contribution is -2.13. The minimum atomic E-state index is -0.671. The van der Waals surface area contributed by atoms with Crippen LogP contribution in [-0.4, -0.2) is 23.6 Å². The maximum atomic E-state index is 12.2. The van der Waals surface area contributed by atoms with Crippen LogP contribution in [0.25, 0.3) is 0 Å². The standard InChI is InChI=1S/C16H13Cl2NO4/c1-2-23-16(22)11-8-10(4-6-14(11)20)19-15(21)9-3-5-12(17)13(18)7-9/h3-8,20H,2H2,1H3,(H,19,21). The minimum absolute atomic E-state index is 0.0289. The number of phenolic OH excluding ortho intramolecular Hbond substituents is 1. The Morgan fingerprint density at radius 3 is 2.52 bits per heavy atom. The number of anilines is 1. The van der Waals surface area contributed by atoms with Gasteiger partial charge in [0.25, 0.3) is 5.91 Å². The van der Waals surface area contributed by atoms with Crippen molar-refractivity contribution >= 4 is 40.8 Å². The molecule has 2 aromatic rings. The number of amides is 1. The van der Waals surface area contributed by atoms with Gasteiger partial charge in [0.05, 0.1) is 16.7 Å². The normalized spacial score (nSPS) is 10.2. The van der Waals surface area contributed by atoms with E-state index in [0.717, 1.165) is 0 Å². The number of halogens is 2. The summed E-state index contributed by atoms with van der Waals surface area (Å²) in [4.78, 5) is 23.9. The van der Waals surface area contributed by atoms with E-state index in [1.54, 1.807) is 6.92 Å². The van der Waals surface area contributed by atoms with E-state index in [1.807, 2.05) is 0 Å². The number of rotatable bonds is 4. The number of carbonyl (C=O) groups excluding carboxylic acids is 2. The molecule has 2 N–H and O–H groups in total.